The van der Waals surface area contributed by atoms with Crippen molar-refractivity contribution >= 4 is 27.3 Å². The van der Waals surface area contributed by atoms with Crippen molar-refractivity contribution in [1.82, 2.24) is 0 Å². The van der Waals surface area contributed by atoms with Crippen LogP contribution >= 0.6 is 27.3 Å². The smallest absolute Gasteiger partial charge is 0.148 e. The van der Waals surface area contributed by atoms with Crippen LogP contribution in [0, 0.1) is 0 Å². The predicted octanol–water partition coefficient (Wildman–Crippen LogP) is 5.49. The minimum atomic E-state index is -0.101. The summed E-state index contributed by atoms with van der Waals surface area (Å²) in [7, 11) is 0. The van der Waals surface area contributed by atoms with Gasteiger partial charge in [-0.25, -0.2) is 0 Å². The molecule has 2 N–H and O–H groups in total. The van der Waals surface area contributed by atoms with E-state index in [0.29, 0.717) is 5.92 Å². The lowest BCUT2D eigenvalue weighted by atomic mass is 10.0. The SMILES string of the molecule is CCC(N)C(Oc1ccc(C(C)C)cc1)c1cc(Br)cs1. The molecule has 0 aliphatic heterocycles. The molecule has 2 aromatic rings. The van der Waals surface area contributed by atoms with E-state index < -0.39 is 0 Å². The Morgan fingerprint density at radius 2 is 1.90 bits per heavy atom. The Morgan fingerprint density at radius 1 is 1.24 bits per heavy atom. The van der Waals surface area contributed by atoms with Gasteiger partial charge in [-0.15, -0.1) is 11.3 Å². The van der Waals surface area contributed by atoms with Gasteiger partial charge in [0.2, 0.25) is 0 Å². The lowest BCUT2D eigenvalue weighted by Crippen LogP contribution is -2.30. The van der Waals surface area contributed by atoms with Crippen molar-refractivity contribution < 1.29 is 4.74 Å². The van der Waals surface area contributed by atoms with Crippen LogP contribution in [0.3, 0.4) is 0 Å². The zero-order valence-electron chi connectivity index (χ0n) is 12.7. The molecule has 0 aliphatic carbocycles. The third-order valence-corrected chi connectivity index (χ3v) is 5.29. The van der Waals surface area contributed by atoms with E-state index in [9.17, 15) is 0 Å². The molecule has 4 heteroatoms. The van der Waals surface area contributed by atoms with Crippen LogP contribution in [-0.4, -0.2) is 6.04 Å². The minimum absolute atomic E-state index is 0.0136. The first kappa shape index (κ1) is 16.5. The topological polar surface area (TPSA) is 35.2 Å². The molecule has 21 heavy (non-hydrogen) atoms. The minimum Gasteiger partial charge on any atom is -0.483 e. The van der Waals surface area contributed by atoms with E-state index in [4.69, 9.17) is 10.5 Å². The highest BCUT2D eigenvalue weighted by Gasteiger charge is 2.22. The molecule has 2 unspecified atom stereocenters. The molecule has 2 nitrogen and oxygen atoms in total. The molecule has 2 atom stereocenters. The van der Waals surface area contributed by atoms with E-state index in [2.05, 4.69) is 60.3 Å². The summed E-state index contributed by atoms with van der Waals surface area (Å²) in [6.45, 7) is 6.47. The Kier molecular flexibility index (Phi) is 5.85. The quantitative estimate of drug-likeness (QED) is 0.732. The summed E-state index contributed by atoms with van der Waals surface area (Å²) in [5.41, 5.74) is 7.57. The van der Waals surface area contributed by atoms with Crippen LogP contribution < -0.4 is 10.5 Å². The third-order valence-electron chi connectivity index (χ3n) is 3.54. The number of rotatable bonds is 6. The van der Waals surface area contributed by atoms with Crippen molar-refractivity contribution in [3.8, 4) is 5.75 Å². The normalized spacial score (nSPS) is 14.2. The average molecular weight is 368 g/mol. The second-order valence-corrected chi connectivity index (χ2v) is 7.36. The predicted molar refractivity (Wildman–Crippen MR) is 94.2 cm³/mol. The van der Waals surface area contributed by atoms with Crippen LogP contribution in [0.1, 0.15) is 49.7 Å². The van der Waals surface area contributed by atoms with E-state index in [1.807, 2.05) is 12.1 Å². The first-order valence-corrected chi connectivity index (χ1v) is 8.94. The Labute approximate surface area is 139 Å². The largest absolute Gasteiger partial charge is 0.483 e. The molecule has 1 heterocycles. The Hall–Kier alpha value is -0.840. The molecular formula is C17H22BrNOS. The third kappa shape index (κ3) is 4.31. The fraction of sp³-hybridized carbons (Fsp3) is 0.412. The van der Waals surface area contributed by atoms with Gasteiger partial charge in [-0.3, -0.25) is 0 Å². The summed E-state index contributed by atoms with van der Waals surface area (Å²) in [5.74, 6) is 1.40. The van der Waals surface area contributed by atoms with E-state index in [-0.39, 0.29) is 12.1 Å². The van der Waals surface area contributed by atoms with Crippen molar-refractivity contribution in [2.75, 3.05) is 0 Å². The summed E-state index contributed by atoms with van der Waals surface area (Å²) in [5, 5.41) is 2.07. The van der Waals surface area contributed by atoms with Gasteiger partial charge in [0.1, 0.15) is 11.9 Å². The van der Waals surface area contributed by atoms with Crippen molar-refractivity contribution in [3.63, 3.8) is 0 Å². The summed E-state index contributed by atoms with van der Waals surface area (Å²) in [6.07, 6.45) is 0.778. The maximum atomic E-state index is 6.25. The summed E-state index contributed by atoms with van der Waals surface area (Å²) < 4.78 is 7.24. The van der Waals surface area contributed by atoms with Crippen LogP contribution in [0.4, 0.5) is 0 Å². The van der Waals surface area contributed by atoms with Gasteiger partial charge in [0.25, 0.3) is 0 Å². The summed E-state index contributed by atoms with van der Waals surface area (Å²) in [6, 6.07) is 10.4. The second-order valence-electron chi connectivity index (χ2n) is 5.50. The molecule has 0 fully saturated rings. The Morgan fingerprint density at radius 3 is 2.38 bits per heavy atom. The molecule has 0 spiro atoms. The molecule has 2 rings (SSSR count). The fourth-order valence-electron chi connectivity index (χ4n) is 2.13. The van der Waals surface area contributed by atoms with Crippen molar-refractivity contribution in [2.24, 2.45) is 5.73 Å². The van der Waals surface area contributed by atoms with E-state index in [1.54, 1.807) is 11.3 Å². The summed E-state index contributed by atoms with van der Waals surface area (Å²) in [4.78, 5) is 1.16. The van der Waals surface area contributed by atoms with Crippen molar-refractivity contribution in [3.05, 3.63) is 50.6 Å². The zero-order valence-corrected chi connectivity index (χ0v) is 15.1. The fourth-order valence-corrected chi connectivity index (χ4v) is 3.67. The van der Waals surface area contributed by atoms with E-state index in [1.165, 1.54) is 5.56 Å². The number of hydrogen-bond donors (Lipinski definition) is 1. The maximum absolute atomic E-state index is 6.25. The summed E-state index contributed by atoms with van der Waals surface area (Å²) >= 11 is 5.17. The van der Waals surface area contributed by atoms with Crippen LogP contribution in [0.25, 0.3) is 0 Å². The molecule has 0 radical (unpaired) electrons. The van der Waals surface area contributed by atoms with E-state index in [0.717, 1.165) is 21.5 Å². The molecule has 0 amide bonds. The van der Waals surface area contributed by atoms with Gasteiger partial charge in [-0.05, 0) is 52.0 Å². The van der Waals surface area contributed by atoms with Gasteiger partial charge in [0.05, 0.1) is 0 Å². The number of nitrogens with two attached hydrogens (primary N) is 1. The van der Waals surface area contributed by atoms with Gasteiger partial charge in [0, 0.05) is 20.8 Å². The highest BCUT2D eigenvalue weighted by molar-refractivity contribution is 9.10. The number of ether oxygens (including phenoxy) is 1. The van der Waals surface area contributed by atoms with Crippen LogP contribution in [0.15, 0.2) is 40.2 Å². The highest BCUT2D eigenvalue weighted by Crippen LogP contribution is 2.32. The Balaban J connectivity index is 2.18. The van der Waals surface area contributed by atoms with E-state index >= 15 is 0 Å². The first-order valence-electron chi connectivity index (χ1n) is 7.27. The molecule has 0 bridgehead atoms. The van der Waals surface area contributed by atoms with Gasteiger partial charge in [-0.2, -0.15) is 0 Å². The van der Waals surface area contributed by atoms with Crippen LogP contribution in [0.5, 0.6) is 5.75 Å². The second kappa shape index (κ2) is 7.43. The number of benzene rings is 1. The molecular weight excluding hydrogens is 346 g/mol. The maximum Gasteiger partial charge on any atom is 0.148 e. The molecule has 114 valence electrons. The average Bonchev–Trinajstić information content (AvgIpc) is 2.90. The lowest BCUT2D eigenvalue weighted by molar-refractivity contribution is 0.174. The first-order chi connectivity index (χ1) is 10.0. The molecule has 0 saturated heterocycles. The molecule has 0 saturated carbocycles. The molecule has 1 aromatic carbocycles. The molecule has 0 aliphatic rings. The van der Waals surface area contributed by atoms with Crippen LogP contribution in [0.2, 0.25) is 0 Å². The monoisotopic (exact) mass is 367 g/mol. The molecule has 1 aromatic heterocycles. The van der Waals surface area contributed by atoms with Gasteiger partial charge >= 0.3 is 0 Å². The van der Waals surface area contributed by atoms with Gasteiger partial charge < -0.3 is 10.5 Å². The number of hydrogen-bond acceptors (Lipinski definition) is 3. The standard InChI is InChI=1S/C17H22BrNOS/c1-4-15(19)17(16-9-13(18)10-21-16)20-14-7-5-12(6-8-14)11(2)3/h5-11,15,17H,4,19H2,1-3H3. The van der Waals surface area contributed by atoms with Crippen molar-refractivity contribution in [2.45, 2.75) is 45.3 Å². The van der Waals surface area contributed by atoms with Crippen LogP contribution in [-0.2, 0) is 0 Å². The highest BCUT2D eigenvalue weighted by atomic mass is 79.9. The van der Waals surface area contributed by atoms with Gasteiger partial charge in [0.15, 0.2) is 0 Å². The number of thiophene rings is 1. The Bertz CT molecular complexity index is 564. The lowest BCUT2D eigenvalue weighted by Gasteiger charge is -2.23. The van der Waals surface area contributed by atoms with Gasteiger partial charge in [-0.1, -0.05) is 32.9 Å². The zero-order chi connectivity index (χ0) is 15.4. The van der Waals surface area contributed by atoms with Crippen molar-refractivity contribution in [1.29, 1.82) is 0 Å². The number of halogens is 1.